The van der Waals surface area contributed by atoms with Crippen LogP contribution in [0.3, 0.4) is 0 Å². The Kier molecular flexibility index (Phi) is 19.0. The van der Waals surface area contributed by atoms with Crippen LogP contribution in [0.5, 0.6) is 0 Å². The van der Waals surface area contributed by atoms with Crippen LogP contribution in [0.2, 0.25) is 0 Å². The third kappa shape index (κ3) is 13.6. The van der Waals surface area contributed by atoms with Gasteiger partial charge in [0.25, 0.3) is 0 Å². The van der Waals surface area contributed by atoms with Crippen LogP contribution in [0, 0.1) is 0 Å². The Morgan fingerprint density at radius 1 is 0.353 bits per heavy atom. The predicted molar refractivity (Wildman–Crippen MR) is 367 cm³/mol. The van der Waals surface area contributed by atoms with Crippen LogP contribution < -0.4 is 0 Å². The zero-order valence-corrected chi connectivity index (χ0v) is 54.2. The van der Waals surface area contributed by atoms with E-state index in [0.717, 1.165) is 41.8 Å². The van der Waals surface area contributed by atoms with Crippen LogP contribution in [0.25, 0.3) is 77.9 Å². The van der Waals surface area contributed by atoms with Crippen molar-refractivity contribution in [1.29, 1.82) is 0 Å². The number of aliphatic hydroxyl groups excluding tert-OH is 2. The van der Waals surface area contributed by atoms with Gasteiger partial charge in [-0.05, 0) is 82.4 Å². The van der Waals surface area contributed by atoms with Gasteiger partial charge in [-0.25, -0.2) is 0 Å². The fourth-order valence-electron chi connectivity index (χ4n) is 10.2. The zero-order chi connectivity index (χ0) is 58.7. The van der Waals surface area contributed by atoms with Gasteiger partial charge in [0.15, 0.2) is 0 Å². The first-order valence-electron chi connectivity index (χ1n) is 26.8. The van der Waals surface area contributed by atoms with Crippen LogP contribution in [0.15, 0.2) is 170 Å². The lowest BCUT2D eigenvalue weighted by molar-refractivity contribution is -0.147. The van der Waals surface area contributed by atoms with E-state index in [4.69, 9.17) is 55.9 Å². The number of fused-ring (bicyclic) bond motifs is 12. The lowest BCUT2D eigenvalue weighted by Gasteiger charge is -2.16. The summed E-state index contributed by atoms with van der Waals surface area (Å²) in [5, 5.41) is 26.2. The van der Waals surface area contributed by atoms with Crippen molar-refractivity contribution in [3.63, 3.8) is 0 Å². The Morgan fingerprint density at radius 2 is 0.612 bits per heavy atom. The second-order valence-electron chi connectivity index (χ2n) is 20.0. The van der Waals surface area contributed by atoms with Crippen molar-refractivity contribution in [2.24, 2.45) is 0 Å². The highest BCUT2D eigenvalue weighted by Crippen LogP contribution is 2.50. The number of ether oxygens (including phenoxy) is 2. The Bertz CT molecular complexity index is 4370. The molecule has 14 aromatic rings. The maximum absolute atomic E-state index is 12.2. The topological polar surface area (TPSA) is 110 Å². The van der Waals surface area contributed by atoms with Crippen LogP contribution in [-0.4, -0.2) is 45.0 Å². The molecule has 4 atom stereocenters. The molecule has 0 aliphatic rings. The molecular formula is C66H48Cl4O7S8. The molecule has 2 N–H and O–H groups in total. The Labute approximate surface area is 540 Å². The summed E-state index contributed by atoms with van der Waals surface area (Å²) in [4.78, 5) is 38.0. The highest BCUT2D eigenvalue weighted by Gasteiger charge is 2.26. The molecule has 4 unspecified atom stereocenters. The van der Waals surface area contributed by atoms with E-state index >= 15 is 0 Å². The van der Waals surface area contributed by atoms with Gasteiger partial charge in [-0.15, -0.1) is 125 Å². The molecule has 8 heterocycles. The average Bonchev–Trinajstić information content (AvgIpc) is 1.77. The van der Waals surface area contributed by atoms with Gasteiger partial charge in [-0.2, -0.15) is 0 Å². The monoisotopic (exact) mass is 1350 g/mol. The summed E-state index contributed by atoms with van der Waals surface area (Å²) in [7, 11) is 0. The summed E-state index contributed by atoms with van der Waals surface area (Å²) in [6.07, 6.45) is 0.700. The van der Waals surface area contributed by atoms with Crippen LogP contribution in [0.1, 0.15) is 66.2 Å². The molecule has 0 saturated heterocycles. The molecule has 0 radical (unpaired) electrons. The SMILES string of the molecule is O=C(CCl)OC(Cc1ccccc1)c1cc2sc3cc4c(cc3c2s1)sc1cc(C(Cc2ccccc2)OC(=O)CCl)sc14.O=C(Cl)CCl.OC(Cc1ccccc1)c1cc2sc3cc4c(cc3c2s1)sc1cc(C(O)Cc2ccccc2)sc14. The predicted octanol–water partition coefficient (Wildman–Crippen LogP) is 20.8. The van der Waals surface area contributed by atoms with Crippen molar-refractivity contribution >= 4 is 232 Å². The molecule has 14 rings (SSSR count). The normalized spacial score (nSPS) is 13.1. The molecule has 8 aromatic heterocycles. The number of carbonyl (C=O) groups excluding carboxylic acids is 3. The summed E-state index contributed by atoms with van der Waals surface area (Å²) >= 11 is 35.1. The second kappa shape index (κ2) is 27.0. The fourth-order valence-corrected chi connectivity index (χ4v) is 20.6. The van der Waals surface area contributed by atoms with Gasteiger partial charge in [0, 0.05) is 104 Å². The number of esters is 2. The maximum Gasteiger partial charge on any atom is 0.321 e. The van der Waals surface area contributed by atoms with E-state index in [0.29, 0.717) is 25.7 Å². The highest BCUT2D eigenvalue weighted by atomic mass is 35.5. The Morgan fingerprint density at radius 3 is 0.882 bits per heavy atom. The molecule has 0 amide bonds. The molecule has 0 saturated carbocycles. The van der Waals surface area contributed by atoms with Gasteiger partial charge in [0.2, 0.25) is 5.24 Å². The highest BCUT2D eigenvalue weighted by molar-refractivity contribution is 7.35. The van der Waals surface area contributed by atoms with Crippen molar-refractivity contribution < 1.29 is 34.1 Å². The van der Waals surface area contributed by atoms with E-state index < -0.39 is 41.6 Å². The number of alkyl halides is 3. The number of rotatable bonds is 17. The molecule has 0 aliphatic heterocycles. The van der Waals surface area contributed by atoms with Gasteiger partial charge in [0.05, 0.1) is 36.9 Å². The maximum atomic E-state index is 12.2. The van der Waals surface area contributed by atoms with Gasteiger partial charge >= 0.3 is 11.9 Å². The Hall–Kier alpha value is -5.31. The smallest absolute Gasteiger partial charge is 0.321 e. The number of aliphatic hydroxyl groups is 2. The van der Waals surface area contributed by atoms with Crippen LogP contribution >= 0.6 is 137 Å². The third-order valence-electron chi connectivity index (χ3n) is 14.1. The van der Waals surface area contributed by atoms with Crippen molar-refractivity contribution in [2.45, 2.75) is 50.1 Å². The van der Waals surface area contributed by atoms with Crippen molar-refractivity contribution in [1.82, 2.24) is 0 Å². The number of benzene rings is 6. The molecule has 19 heteroatoms. The summed E-state index contributed by atoms with van der Waals surface area (Å²) in [5.74, 6) is -1.28. The third-order valence-corrected chi connectivity index (χ3v) is 25.0. The fraction of sp³-hybridized carbons (Fsp3) is 0.167. The minimum absolute atomic E-state index is 0.0957. The van der Waals surface area contributed by atoms with E-state index in [1.165, 1.54) is 77.9 Å². The number of hydrogen-bond acceptors (Lipinski definition) is 15. The quantitative estimate of drug-likeness (QED) is 0.0531. The minimum atomic E-state index is -0.508. The summed E-state index contributed by atoms with van der Waals surface area (Å²) in [6, 6.07) is 58.4. The van der Waals surface area contributed by atoms with Crippen molar-refractivity contribution in [2.75, 3.05) is 17.6 Å². The zero-order valence-electron chi connectivity index (χ0n) is 44.6. The first kappa shape index (κ1) is 60.0. The average molecular weight is 1350 g/mol. The van der Waals surface area contributed by atoms with Gasteiger partial charge in [0.1, 0.15) is 24.0 Å². The van der Waals surface area contributed by atoms with E-state index in [1.54, 1.807) is 68.0 Å². The number of thiophene rings is 8. The van der Waals surface area contributed by atoms with Gasteiger partial charge < -0.3 is 19.7 Å². The van der Waals surface area contributed by atoms with Gasteiger partial charge in [-0.3, -0.25) is 14.4 Å². The largest absolute Gasteiger partial charge is 0.455 e. The molecule has 0 spiro atoms. The standard InChI is InChI=1S/C34H24Cl2O4S4.C30H22O2S4.C2H2Cl2O/c35-17-31(37)39-23(11-19-7-3-1-4-8-19)27-15-29-33(43-27)21-13-26-22(14-25(21)41-29)34-30(42-26)16-28(44-34)24(40-32(38)18-36)12-20-9-5-2-6-10-20;31-21(11-17-7-3-1-4-8-17)25-15-27-29(35-25)19-13-24-20(14-23(19)33-27)30-28(34-24)16-26(36-30)22(32)12-18-9-5-2-6-10-18;3-1-2(4)5/h1-10,13-16,23-24H,11-12,17-18H2;1-10,13-16,21-22,31-32H,11-12H2;1H2. The number of hydrogen-bond donors (Lipinski definition) is 2. The Balaban J connectivity index is 0.000000157. The minimum Gasteiger partial charge on any atom is -0.455 e. The molecule has 0 aliphatic carbocycles. The first-order chi connectivity index (χ1) is 41.4. The van der Waals surface area contributed by atoms with E-state index in [1.807, 2.05) is 120 Å². The van der Waals surface area contributed by atoms with E-state index in [9.17, 15) is 24.6 Å². The number of carbonyl (C=O) groups is 3. The molecule has 0 bridgehead atoms. The lowest BCUT2D eigenvalue weighted by atomic mass is 10.1. The molecule has 430 valence electrons. The first-order valence-corrected chi connectivity index (χ1v) is 35.3. The molecule has 0 fully saturated rings. The summed E-state index contributed by atoms with van der Waals surface area (Å²) in [5.41, 5.74) is 4.51. The van der Waals surface area contributed by atoms with Crippen molar-refractivity contribution in [3.8, 4) is 0 Å². The second-order valence-corrected chi connectivity index (χ2v) is 29.9. The van der Waals surface area contributed by atoms with E-state index in [-0.39, 0.29) is 17.6 Å². The summed E-state index contributed by atoms with van der Waals surface area (Å²) < 4.78 is 26.4. The van der Waals surface area contributed by atoms with Crippen molar-refractivity contribution in [3.05, 3.63) is 212 Å². The molecule has 7 nitrogen and oxygen atoms in total. The van der Waals surface area contributed by atoms with Crippen LogP contribution in [-0.2, 0) is 49.5 Å². The van der Waals surface area contributed by atoms with Crippen LogP contribution in [0.4, 0.5) is 0 Å². The summed E-state index contributed by atoms with van der Waals surface area (Å²) in [6.45, 7) is 0. The lowest BCUT2D eigenvalue weighted by Crippen LogP contribution is -2.13. The molecular weight excluding hydrogens is 1300 g/mol. The molecule has 6 aromatic carbocycles. The molecule has 85 heavy (non-hydrogen) atoms. The van der Waals surface area contributed by atoms with Gasteiger partial charge in [-0.1, -0.05) is 121 Å². The number of halogens is 4. The van der Waals surface area contributed by atoms with E-state index in [2.05, 4.69) is 72.8 Å².